The summed E-state index contributed by atoms with van der Waals surface area (Å²) in [7, 11) is 1.87. The number of amides is 1. The van der Waals surface area contributed by atoms with Crippen molar-refractivity contribution >= 4 is 40.9 Å². The predicted molar refractivity (Wildman–Crippen MR) is 110 cm³/mol. The van der Waals surface area contributed by atoms with Crippen molar-refractivity contribution in [1.82, 2.24) is 20.1 Å². The molecule has 8 heteroatoms. The van der Waals surface area contributed by atoms with Crippen LogP contribution in [0.15, 0.2) is 53.7 Å². The summed E-state index contributed by atoms with van der Waals surface area (Å²) in [5, 5.41) is 13.4. The molecule has 0 fully saturated rings. The van der Waals surface area contributed by atoms with E-state index >= 15 is 0 Å². The second-order valence-electron chi connectivity index (χ2n) is 6.00. The topological polar surface area (TPSA) is 59.8 Å². The summed E-state index contributed by atoms with van der Waals surface area (Å²) in [4.78, 5) is 12.3. The van der Waals surface area contributed by atoms with Gasteiger partial charge in [0.2, 0.25) is 5.91 Å². The first-order valence-electron chi connectivity index (χ1n) is 8.27. The highest BCUT2D eigenvalue weighted by atomic mass is 35.5. The molecule has 27 heavy (non-hydrogen) atoms. The Kier molecular flexibility index (Phi) is 6.42. The Morgan fingerprint density at radius 3 is 2.59 bits per heavy atom. The van der Waals surface area contributed by atoms with Gasteiger partial charge in [0, 0.05) is 22.7 Å². The van der Waals surface area contributed by atoms with Crippen LogP contribution in [0.4, 0.5) is 0 Å². The van der Waals surface area contributed by atoms with E-state index in [4.69, 9.17) is 23.2 Å². The van der Waals surface area contributed by atoms with Gasteiger partial charge >= 0.3 is 0 Å². The lowest BCUT2D eigenvalue weighted by Gasteiger charge is -2.14. The maximum atomic E-state index is 12.3. The molecule has 1 N–H and O–H groups in total. The molecule has 0 aliphatic rings. The molecular weight excluding hydrogens is 403 g/mol. The van der Waals surface area contributed by atoms with Crippen molar-refractivity contribution in [3.05, 3.63) is 64.1 Å². The second kappa shape index (κ2) is 8.78. The Bertz CT molecular complexity index is 943. The Hall–Kier alpha value is -2.02. The van der Waals surface area contributed by atoms with Crippen LogP contribution in [0.1, 0.15) is 18.5 Å². The van der Waals surface area contributed by atoms with Gasteiger partial charge in [-0.15, -0.1) is 10.2 Å². The normalized spacial score (nSPS) is 12.0. The fourth-order valence-corrected chi connectivity index (χ4v) is 3.61. The number of nitrogens with one attached hydrogen (secondary N) is 1. The zero-order valence-electron chi connectivity index (χ0n) is 14.8. The van der Waals surface area contributed by atoms with Crippen molar-refractivity contribution in [2.45, 2.75) is 18.1 Å². The first kappa shape index (κ1) is 19.7. The van der Waals surface area contributed by atoms with Gasteiger partial charge in [-0.1, -0.05) is 47.1 Å². The third-order valence-corrected chi connectivity index (χ3v) is 5.50. The van der Waals surface area contributed by atoms with Crippen molar-refractivity contribution in [3.63, 3.8) is 0 Å². The van der Waals surface area contributed by atoms with E-state index in [2.05, 4.69) is 15.5 Å². The van der Waals surface area contributed by atoms with E-state index in [1.807, 2.05) is 67.1 Å². The molecule has 1 amide bonds. The summed E-state index contributed by atoms with van der Waals surface area (Å²) in [6.07, 6.45) is 0. The van der Waals surface area contributed by atoms with Gasteiger partial charge in [-0.25, -0.2) is 0 Å². The lowest BCUT2D eigenvalue weighted by molar-refractivity contribution is -0.119. The Morgan fingerprint density at radius 1 is 1.15 bits per heavy atom. The van der Waals surface area contributed by atoms with E-state index in [1.54, 1.807) is 0 Å². The molecule has 140 valence electrons. The van der Waals surface area contributed by atoms with Crippen molar-refractivity contribution < 1.29 is 4.79 Å². The molecule has 1 aromatic heterocycles. The first-order valence-corrected chi connectivity index (χ1v) is 10.0. The van der Waals surface area contributed by atoms with Gasteiger partial charge in [0.15, 0.2) is 11.0 Å². The highest BCUT2D eigenvalue weighted by Crippen LogP contribution is 2.24. The minimum Gasteiger partial charge on any atom is -0.349 e. The third kappa shape index (κ3) is 5.03. The molecule has 3 rings (SSSR count). The number of nitrogens with zero attached hydrogens (tertiary/aromatic N) is 3. The number of aromatic nitrogens is 3. The van der Waals surface area contributed by atoms with Gasteiger partial charge in [0.1, 0.15) is 0 Å². The van der Waals surface area contributed by atoms with Crippen LogP contribution in [-0.2, 0) is 11.8 Å². The minimum atomic E-state index is -0.124. The van der Waals surface area contributed by atoms with Crippen molar-refractivity contribution in [1.29, 1.82) is 0 Å². The van der Waals surface area contributed by atoms with E-state index < -0.39 is 0 Å². The monoisotopic (exact) mass is 420 g/mol. The maximum absolute atomic E-state index is 12.3. The van der Waals surface area contributed by atoms with Gasteiger partial charge in [-0.05, 0) is 48.9 Å². The molecule has 2 aromatic carbocycles. The number of benzene rings is 2. The SMILES string of the molecule is CC(NC(=O)CSc1nnc(-c2ccc(Cl)cc2)n1C)c1cccc(Cl)c1. The predicted octanol–water partition coefficient (Wildman–Crippen LogP) is 4.76. The molecule has 1 atom stereocenters. The van der Waals surface area contributed by atoms with Crippen LogP contribution in [0.3, 0.4) is 0 Å². The maximum Gasteiger partial charge on any atom is 0.230 e. The van der Waals surface area contributed by atoms with Crippen LogP contribution >= 0.6 is 35.0 Å². The molecule has 5 nitrogen and oxygen atoms in total. The molecule has 1 heterocycles. The first-order chi connectivity index (χ1) is 12.9. The Labute approximate surface area is 172 Å². The molecule has 3 aromatic rings. The van der Waals surface area contributed by atoms with E-state index in [0.717, 1.165) is 17.0 Å². The summed E-state index contributed by atoms with van der Waals surface area (Å²) in [6.45, 7) is 1.93. The average molecular weight is 421 g/mol. The number of thioether (sulfide) groups is 1. The number of carbonyl (C=O) groups is 1. The van der Waals surface area contributed by atoms with Gasteiger partial charge in [0.05, 0.1) is 11.8 Å². The third-order valence-electron chi connectivity index (χ3n) is 4.00. The van der Waals surface area contributed by atoms with Gasteiger partial charge < -0.3 is 9.88 Å². The number of halogens is 2. The van der Waals surface area contributed by atoms with Gasteiger partial charge in [0.25, 0.3) is 0 Å². The van der Waals surface area contributed by atoms with Crippen LogP contribution in [-0.4, -0.2) is 26.4 Å². The van der Waals surface area contributed by atoms with Crippen molar-refractivity contribution in [2.24, 2.45) is 7.05 Å². The lowest BCUT2D eigenvalue weighted by atomic mass is 10.1. The average Bonchev–Trinajstić information content (AvgIpc) is 3.01. The van der Waals surface area contributed by atoms with Gasteiger partial charge in [-0.3, -0.25) is 4.79 Å². The van der Waals surface area contributed by atoms with Crippen LogP contribution in [0.2, 0.25) is 10.0 Å². The lowest BCUT2D eigenvalue weighted by Crippen LogP contribution is -2.28. The Balaban J connectivity index is 1.60. The fourth-order valence-electron chi connectivity index (χ4n) is 2.56. The molecular formula is C19H18Cl2N4OS. The minimum absolute atomic E-state index is 0.0801. The largest absolute Gasteiger partial charge is 0.349 e. The molecule has 0 saturated carbocycles. The molecule has 1 unspecified atom stereocenters. The quantitative estimate of drug-likeness (QED) is 0.583. The Morgan fingerprint density at radius 2 is 1.89 bits per heavy atom. The van der Waals surface area contributed by atoms with Crippen LogP contribution < -0.4 is 5.32 Å². The highest BCUT2D eigenvalue weighted by molar-refractivity contribution is 7.99. The standard InChI is InChI=1S/C19H18Cl2N4OS/c1-12(14-4-3-5-16(21)10-14)22-17(26)11-27-19-24-23-18(25(19)2)13-6-8-15(20)9-7-13/h3-10,12H,11H2,1-2H3,(H,22,26). The fraction of sp³-hybridized carbons (Fsp3) is 0.211. The smallest absolute Gasteiger partial charge is 0.230 e. The molecule has 0 radical (unpaired) electrons. The number of hydrogen-bond acceptors (Lipinski definition) is 4. The van der Waals surface area contributed by atoms with Crippen LogP contribution in [0, 0.1) is 0 Å². The van der Waals surface area contributed by atoms with Crippen molar-refractivity contribution in [3.8, 4) is 11.4 Å². The van der Waals surface area contributed by atoms with Crippen LogP contribution in [0.5, 0.6) is 0 Å². The summed E-state index contributed by atoms with van der Waals surface area (Å²) in [5.41, 5.74) is 1.88. The molecule has 0 saturated heterocycles. The molecule has 0 aliphatic carbocycles. The van der Waals surface area contributed by atoms with Gasteiger partial charge in [-0.2, -0.15) is 0 Å². The summed E-state index contributed by atoms with van der Waals surface area (Å²) >= 11 is 13.3. The van der Waals surface area contributed by atoms with Crippen LogP contribution in [0.25, 0.3) is 11.4 Å². The zero-order valence-corrected chi connectivity index (χ0v) is 17.1. The number of hydrogen-bond donors (Lipinski definition) is 1. The number of carbonyl (C=O) groups excluding carboxylic acids is 1. The molecule has 0 spiro atoms. The van der Waals surface area contributed by atoms with E-state index in [1.165, 1.54) is 11.8 Å². The molecule has 0 aliphatic heterocycles. The second-order valence-corrected chi connectivity index (χ2v) is 7.82. The summed E-state index contributed by atoms with van der Waals surface area (Å²) in [6, 6.07) is 14.7. The van der Waals surface area contributed by atoms with Crippen molar-refractivity contribution in [2.75, 3.05) is 5.75 Å². The van der Waals surface area contributed by atoms with E-state index in [-0.39, 0.29) is 17.7 Å². The number of rotatable bonds is 6. The van der Waals surface area contributed by atoms with E-state index in [9.17, 15) is 4.79 Å². The summed E-state index contributed by atoms with van der Waals surface area (Å²) in [5.74, 6) is 0.891. The van der Waals surface area contributed by atoms with E-state index in [0.29, 0.717) is 15.2 Å². The highest BCUT2D eigenvalue weighted by Gasteiger charge is 2.14. The summed E-state index contributed by atoms with van der Waals surface area (Å²) < 4.78 is 1.86. The zero-order chi connectivity index (χ0) is 19.4. The molecule has 0 bridgehead atoms.